The standard InChI is InChI=1S/C28H26N4O3S2/c33-27(24-14-8-3-9-15-24)30-31-28(36)29-25-16-18-26(19-17-25)37(34,35)32(20-22-10-4-1-5-11-22)21-23-12-6-2-7-13-23/h1-19H,20-21H2,(H,30,33)(H2,29,31,36). The summed E-state index contributed by atoms with van der Waals surface area (Å²) in [5.41, 5.74) is 8.02. The summed E-state index contributed by atoms with van der Waals surface area (Å²) in [5, 5.41) is 3.10. The van der Waals surface area contributed by atoms with Crippen molar-refractivity contribution in [3.8, 4) is 0 Å². The molecular formula is C28H26N4O3S2. The lowest BCUT2D eigenvalue weighted by Crippen LogP contribution is -2.43. The molecule has 4 rings (SSSR count). The zero-order chi connectivity index (χ0) is 26.1. The van der Waals surface area contributed by atoms with Gasteiger partial charge < -0.3 is 5.32 Å². The van der Waals surface area contributed by atoms with Gasteiger partial charge in [-0.3, -0.25) is 15.6 Å². The van der Waals surface area contributed by atoms with Crippen molar-refractivity contribution in [3.63, 3.8) is 0 Å². The van der Waals surface area contributed by atoms with Crippen LogP contribution in [-0.4, -0.2) is 23.7 Å². The van der Waals surface area contributed by atoms with E-state index < -0.39 is 10.0 Å². The molecule has 37 heavy (non-hydrogen) atoms. The van der Waals surface area contributed by atoms with E-state index in [-0.39, 0.29) is 29.0 Å². The van der Waals surface area contributed by atoms with Crippen LogP contribution in [0, 0.1) is 0 Å². The second kappa shape index (κ2) is 12.3. The largest absolute Gasteiger partial charge is 0.331 e. The zero-order valence-corrected chi connectivity index (χ0v) is 21.5. The number of hydrogen-bond acceptors (Lipinski definition) is 4. The number of benzene rings is 4. The second-order valence-electron chi connectivity index (χ2n) is 8.17. The van der Waals surface area contributed by atoms with Gasteiger partial charge in [-0.15, -0.1) is 0 Å². The highest BCUT2D eigenvalue weighted by atomic mass is 32.2. The Labute approximate surface area is 222 Å². The molecule has 4 aromatic carbocycles. The molecule has 3 N–H and O–H groups in total. The van der Waals surface area contributed by atoms with Gasteiger partial charge in [0.05, 0.1) is 4.90 Å². The van der Waals surface area contributed by atoms with Crippen LogP contribution in [-0.2, 0) is 23.1 Å². The summed E-state index contributed by atoms with van der Waals surface area (Å²) in [4.78, 5) is 12.3. The highest BCUT2D eigenvalue weighted by Crippen LogP contribution is 2.23. The van der Waals surface area contributed by atoms with Crippen LogP contribution in [0.4, 0.5) is 5.69 Å². The lowest BCUT2D eigenvalue weighted by molar-refractivity contribution is 0.0944. The summed E-state index contributed by atoms with van der Waals surface area (Å²) in [6.07, 6.45) is 0. The van der Waals surface area contributed by atoms with Crippen molar-refractivity contribution in [2.24, 2.45) is 0 Å². The molecule has 188 valence electrons. The first-order valence-electron chi connectivity index (χ1n) is 11.5. The topological polar surface area (TPSA) is 90.5 Å². The Bertz CT molecular complexity index is 1390. The fourth-order valence-corrected chi connectivity index (χ4v) is 5.18. The van der Waals surface area contributed by atoms with Gasteiger partial charge in [0.25, 0.3) is 5.91 Å². The summed E-state index contributed by atoms with van der Waals surface area (Å²) in [6, 6.07) is 34.0. The molecular weight excluding hydrogens is 504 g/mol. The average molecular weight is 531 g/mol. The summed E-state index contributed by atoms with van der Waals surface area (Å²) in [7, 11) is -3.79. The molecule has 9 heteroatoms. The maximum absolute atomic E-state index is 13.6. The summed E-state index contributed by atoms with van der Waals surface area (Å²) in [5.74, 6) is -0.330. The fraction of sp³-hybridized carbons (Fsp3) is 0.0714. The van der Waals surface area contributed by atoms with Crippen LogP contribution in [0.15, 0.2) is 120 Å². The molecule has 0 fully saturated rings. The van der Waals surface area contributed by atoms with Crippen molar-refractivity contribution in [3.05, 3.63) is 132 Å². The van der Waals surface area contributed by atoms with E-state index in [4.69, 9.17) is 12.2 Å². The van der Waals surface area contributed by atoms with Crippen molar-refractivity contribution in [1.29, 1.82) is 0 Å². The molecule has 0 atom stereocenters. The van der Waals surface area contributed by atoms with Crippen LogP contribution < -0.4 is 16.2 Å². The zero-order valence-electron chi connectivity index (χ0n) is 19.9. The number of carbonyl (C=O) groups is 1. The number of anilines is 1. The molecule has 0 saturated carbocycles. The van der Waals surface area contributed by atoms with Crippen LogP contribution >= 0.6 is 12.2 Å². The third-order valence-electron chi connectivity index (χ3n) is 5.48. The number of carbonyl (C=O) groups excluding carboxylic acids is 1. The number of hydrazine groups is 1. The van der Waals surface area contributed by atoms with E-state index in [1.54, 1.807) is 36.4 Å². The predicted octanol–water partition coefficient (Wildman–Crippen LogP) is 4.71. The Balaban J connectivity index is 1.43. The van der Waals surface area contributed by atoms with Crippen LogP contribution in [0.25, 0.3) is 0 Å². The third-order valence-corrected chi connectivity index (χ3v) is 7.49. The van der Waals surface area contributed by atoms with Crippen molar-refractivity contribution >= 4 is 38.9 Å². The number of rotatable bonds is 8. The number of sulfonamides is 1. The smallest absolute Gasteiger partial charge is 0.269 e. The van der Waals surface area contributed by atoms with Gasteiger partial charge in [0.2, 0.25) is 10.0 Å². The van der Waals surface area contributed by atoms with E-state index >= 15 is 0 Å². The molecule has 0 unspecified atom stereocenters. The van der Waals surface area contributed by atoms with Gasteiger partial charge in [0.1, 0.15) is 0 Å². The van der Waals surface area contributed by atoms with E-state index in [0.717, 1.165) is 11.1 Å². The van der Waals surface area contributed by atoms with E-state index in [1.807, 2.05) is 66.7 Å². The van der Waals surface area contributed by atoms with Crippen LogP contribution in [0.5, 0.6) is 0 Å². The normalized spacial score (nSPS) is 11.1. The van der Waals surface area contributed by atoms with Crippen molar-refractivity contribution < 1.29 is 13.2 Å². The van der Waals surface area contributed by atoms with Crippen molar-refractivity contribution in [1.82, 2.24) is 15.2 Å². The van der Waals surface area contributed by atoms with Crippen LogP contribution in [0.2, 0.25) is 0 Å². The average Bonchev–Trinajstić information content (AvgIpc) is 2.93. The molecule has 0 aliphatic heterocycles. The van der Waals surface area contributed by atoms with Gasteiger partial charge in [-0.1, -0.05) is 78.9 Å². The molecule has 0 spiro atoms. The fourth-order valence-electron chi connectivity index (χ4n) is 3.60. The number of amides is 1. The molecule has 0 bridgehead atoms. The predicted molar refractivity (Wildman–Crippen MR) is 149 cm³/mol. The molecule has 0 saturated heterocycles. The van der Waals surface area contributed by atoms with Gasteiger partial charge in [-0.25, -0.2) is 8.42 Å². The molecule has 0 aromatic heterocycles. The second-order valence-corrected chi connectivity index (χ2v) is 10.5. The van der Waals surface area contributed by atoms with Gasteiger partial charge in [-0.05, 0) is 59.7 Å². The van der Waals surface area contributed by atoms with E-state index in [9.17, 15) is 13.2 Å². The molecule has 0 heterocycles. The minimum Gasteiger partial charge on any atom is -0.331 e. The molecule has 1 amide bonds. The maximum Gasteiger partial charge on any atom is 0.269 e. The number of nitrogens with zero attached hydrogens (tertiary/aromatic N) is 1. The lowest BCUT2D eigenvalue weighted by Gasteiger charge is -2.23. The van der Waals surface area contributed by atoms with E-state index in [1.165, 1.54) is 16.4 Å². The Morgan fingerprint density at radius 3 is 1.68 bits per heavy atom. The van der Waals surface area contributed by atoms with E-state index in [2.05, 4.69) is 16.2 Å². The molecule has 4 aromatic rings. The Hall–Kier alpha value is -4.05. The van der Waals surface area contributed by atoms with Gasteiger partial charge in [0.15, 0.2) is 5.11 Å². The first-order valence-corrected chi connectivity index (χ1v) is 13.4. The van der Waals surface area contributed by atoms with Crippen molar-refractivity contribution in [2.45, 2.75) is 18.0 Å². The van der Waals surface area contributed by atoms with Gasteiger partial charge in [0, 0.05) is 24.3 Å². The summed E-state index contributed by atoms with van der Waals surface area (Å²) < 4.78 is 28.7. The number of hydrogen-bond donors (Lipinski definition) is 3. The Morgan fingerprint density at radius 1 is 0.676 bits per heavy atom. The molecule has 0 aliphatic carbocycles. The Morgan fingerprint density at radius 2 is 1.16 bits per heavy atom. The molecule has 0 radical (unpaired) electrons. The van der Waals surface area contributed by atoms with Crippen molar-refractivity contribution in [2.75, 3.05) is 5.32 Å². The minimum absolute atomic E-state index is 0.162. The highest BCUT2D eigenvalue weighted by molar-refractivity contribution is 7.89. The lowest BCUT2D eigenvalue weighted by atomic mass is 10.2. The third kappa shape index (κ3) is 7.23. The number of nitrogens with one attached hydrogen (secondary N) is 3. The first-order chi connectivity index (χ1) is 17.9. The SMILES string of the molecule is O=C(NNC(=S)Nc1ccc(S(=O)(=O)N(Cc2ccccc2)Cc2ccccc2)cc1)c1ccccc1. The highest BCUT2D eigenvalue weighted by Gasteiger charge is 2.25. The monoisotopic (exact) mass is 530 g/mol. The summed E-state index contributed by atoms with van der Waals surface area (Å²) in [6.45, 7) is 0.486. The quantitative estimate of drug-likeness (QED) is 0.226. The minimum atomic E-state index is -3.79. The van der Waals surface area contributed by atoms with Crippen LogP contribution in [0.1, 0.15) is 21.5 Å². The maximum atomic E-state index is 13.6. The van der Waals surface area contributed by atoms with Gasteiger partial charge >= 0.3 is 0 Å². The first kappa shape index (κ1) is 26.0. The van der Waals surface area contributed by atoms with Gasteiger partial charge in [-0.2, -0.15) is 4.31 Å². The van der Waals surface area contributed by atoms with E-state index in [0.29, 0.717) is 11.3 Å². The molecule has 0 aliphatic rings. The Kier molecular flexibility index (Phi) is 8.63. The molecule has 7 nitrogen and oxygen atoms in total. The number of thiocarbonyl (C=S) groups is 1. The van der Waals surface area contributed by atoms with Crippen LogP contribution in [0.3, 0.4) is 0 Å². The summed E-state index contributed by atoms with van der Waals surface area (Å²) >= 11 is 5.23.